The Hall–Kier alpha value is -2.01. The lowest BCUT2D eigenvalue weighted by atomic mass is 10.2. The van der Waals surface area contributed by atoms with Crippen molar-refractivity contribution in [3.8, 4) is 11.4 Å². The number of imidazole rings is 1. The van der Waals surface area contributed by atoms with Gasteiger partial charge in [-0.1, -0.05) is 12.1 Å². The lowest BCUT2D eigenvalue weighted by molar-refractivity contribution is 0.412. The van der Waals surface area contributed by atoms with Crippen molar-refractivity contribution in [3.63, 3.8) is 0 Å². The number of rotatable bonds is 2. The second-order valence-corrected chi connectivity index (χ2v) is 5.42. The molecule has 4 nitrogen and oxygen atoms in total. The number of fused-ring (bicyclic) bond motifs is 1. The lowest BCUT2D eigenvalue weighted by Gasteiger charge is -2.10. The van der Waals surface area contributed by atoms with E-state index in [9.17, 15) is 0 Å². The number of hydrogen-bond donors (Lipinski definition) is 1. The summed E-state index contributed by atoms with van der Waals surface area (Å²) >= 11 is 3.45. The first kappa shape index (κ1) is 13.0. The first-order chi connectivity index (χ1) is 9.61. The van der Waals surface area contributed by atoms with Crippen LogP contribution in [-0.4, -0.2) is 16.7 Å². The van der Waals surface area contributed by atoms with Gasteiger partial charge in [-0.05, 0) is 46.6 Å². The molecular weight excluding hydrogens is 318 g/mol. The van der Waals surface area contributed by atoms with Crippen molar-refractivity contribution in [2.24, 2.45) is 0 Å². The van der Waals surface area contributed by atoms with Gasteiger partial charge in [0.2, 0.25) is 5.95 Å². The molecule has 0 aliphatic carbocycles. The molecule has 0 aliphatic heterocycles. The smallest absolute Gasteiger partial charge is 0.205 e. The topological polar surface area (TPSA) is 53.1 Å². The molecule has 0 saturated carbocycles. The molecule has 1 heterocycles. The van der Waals surface area contributed by atoms with Crippen molar-refractivity contribution in [1.82, 2.24) is 9.55 Å². The number of methoxy groups -OCH3 is 1. The molecule has 0 spiro atoms. The molecule has 0 aliphatic rings. The Labute approximate surface area is 125 Å². The van der Waals surface area contributed by atoms with E-state index in [0.29, 0.717) is 5.95 Å². The monoisotopic (exact) mass is 331 g/mol. The normalized spacial score (nSPS) is 10.9. The summed E-state index contributed by atoms with van der Waals surface area (Å²) in [6, 6.07) is 11.9. The van der Waals surface area contributed by atoms with E-state index in [0.717, 1.165) is 32.5 Å². The number of benzene rings is 2. The third-order valence-corrected chi connectivity index (χ3v) is 3.96. The van der Waals surface area contributed by atoms with E-state index in [1.807, 2.05) is 47.9 Å². The quantitative estimate of drug-likeness (QED) is 0.779. The van der Waals surface area contributed by atoms with Gasteiger partial charge in [-0.25, -0.2) is 4.98 Å². The molecule has 0 atom stereocenters. The highest BCUT2D eigenvalue weighted by Crippen LogP contribution is 2.31. The number of nitrogen functional groups attached to an aromatic ring is 1. The van der Waals surface area contributed by atoms with E-state index >= 15 is 0 Å². The molecule has 0 bridgehead atoms. The van der Waals surface area contributed by atoms with Crippen LogP contribution >= 0.6 is 15.9 Å². The molecule has 20 heavy (non-hydrogen) atoms. The number of nitrogens with zero attached hydrogens (tertiary/aromatic N) is 2. The number of aryl methyl sites for hydroxylation is 1. The molecule has 0 fully saturated rings. The number of para-hydroxylation sites is 1. The first-order valence-electron chi connectivity index (χ1n) is 6.19. The van der Waals surface area contributed by atoms with Gasteiger partial charge >= 0.3 is 0 Å². The van der Waals surface area contributed by atoms with E-state index in [4.69, 9.17) is 10.5 Å². The molecule has 3 aromatic rings. The number of ether oxygens (including phenoxy) is 1. The predicted octanol–water partition coefficient (Wildman–Crippen LogP) is 3.69. The zero-order valence-corrected chi connectivity index (χ0v) is 12.8. The largest absolute Gasteiger partial charge is 0.495 e. The van der Waals surface area contributed by atoms with Gasteiger partial charge in [0.25, 0.3) is 0 Å². The number of nitrogens with two attached hydrogens (primary N) is 1. The Kier molecular flexibility index (Phi) is 3.14. The fourth-order valence-electron chi connectivity index (χ4n) is 2.32. The molecule has 102 valence electrons. The summed E-state index contributed by atoms with van der Waals surface area (Å²) in [5.74, 6) is 1.23. The summed E-state index contributed by atoms with van der Waals surface area (Å²) in [7, 11) is 1.64. The predicted molar refractivity (Wildman–Crippen MR) is 84.5 cm³/mol. The second-order valence-electron chi connectivity index (χ2n) is 4.57. The van der Waals surface area contributed by atoms with Crippen LogP contribution in [0.1, 0.15) is 5.56 Å². The molecule has 1 aromatic heterocycles. The van der Waals surface area contributed by atoms with Crippen LogP contribution in [0, 0.1) is 6.92 Å². The van der Waals surface area contributed by atoms with Crippen LogP contribution in [0.15, 0.2) is 40.9 Å². The van der Waals surface area contributed by atoms with E-state index < -0.39 is 0 Å². The Balaban J connectivity index is 2.29. The fourth-order valence-corrected chi connectivity index (χ4v) is 2.72. The zero-order valence-electron chi connectivity index (χ0n) is 11.2. The summed E-state index contributed by atoms with van der Waals surface area (Å²) in [6.45, 7) is 2.03. The molecule has 0 unspecified atom stereocenters. The van der Waals surface area contributed by atoms with Gasteiger partial charge in [0.05, 0.1) is 28.3 Å². The van der Waals surface area contributed by atoms with Crippen LogP contribution in [0.3, 0.4) is 0 Å². The van der Waals surface area contributed by atoms with Gasteiger partial charge in [0.1, 0.15) is 5.75 Å². The molecule has 5 heteroatoms. The fraction of sp³-hybridized carbons (Fsp3) is 0.133. The Bertz CT molecular complexity index is 795. The second kappa shape index (κ2) is 4.83. The van der Waals surface area contributed by atoms with Crippen molar-refractivity contribution in [1.29, 1.82) is 0 Å². The summed E-state index contributed by atoms with van der Waals surface area (Å²) in [5, 5.41) is 0. The molecule has 0 radical (unpaired) electrons. The minimum atomic E-state index is 0.471. The van der Waals surface area contributed by atoms with Gasteiger partial charge in [-0.15, -0.1) is 0 Å². The van der Waals surface area contributed by atoms with E-state index in [2.05, 4.69) is 20.9 Å². The maximum Gasteiger partial charge on any atom is 0.205 e. The van der Waals surface area contributed by atoms with E-state index in [-0.39, 0.29) is 0 Å². The molecule has 3 rings (SSSR count). The Morgan fingerprint density at radius 1 is 1.25 bits per heavy atom. The Morgan fingerprint density at radius 3 is 2.80 bits per heavy atom. The minimum absolute atomic E-state index is 0.471. The van der Waals surface area contributed by atoms with Crippen LogP contribution < -0.4 is 10.5 Å². The average molecular weight is 332 g/mol. The van der Waals surface area contributed by atoms with Crippen LogP contribution in [0.5, 0.6) is 5.75 Å². The standard InChI is InChI=1S/C15H14BrN3O/c1-9-4-3-5-12-14(9)18-15(17)19(12)10-6-7-11(16)13(8-10)20-2/h3-8H,1-2H3,(H2,17,18). The highest BCUT2D eigenvalue weighted by atomic mass is 79.9. The molecule has 0 amide bonds. The molecule has 2 aromatic carbocycles. The maximum absolute atomic E-state index is 6.08. The van der Waals surface area contributed by atoms with Crippen molar-refractivity contribution < 1.29 is 4.74 Å². The third kappa shape index (κ3) is 1.94. The summed E-state index contributed by atoms with van der Waals surface area (Å²) < 4.78 is 8.17. The van der Waals surface area contributed by atoms with Crippen LogP contribution in [-0.2, 0) is 0 Å². The van der Waals surface area contributed by atoms with Crippen LogP contribution in [0.25, 0.3) is 16.7 Å². The average Bonchev–Trinajstić information content (AvgIpc) is 2.77. The lowest BCUT2D eigenvalue weighted by Crippen LogP contribution is -2.01. The summed E-state index contributed by atoms with van der Waals surface area (Å²) in [5.41, 5.74) is 10.0. The van der Waals surface area contributed by atoms with Gasteiger partial charge in [0.15, 0.2) is 0 Å². The Morgan fingerprint density at radius 2 is 2.05 bits per heavy atom. The molecular formula is C15H14BrN3O. The summed E-state index contributed by atoms with van der Waals surface area (Å²) in [6.07, 6.45) is 0. The minimum Gasteiger partial charge on any atom is -0.495 e. The van der Waals surface area contributed by atoms with E-state index in [1.165, 1.54) is 0 Å². The zero-order chi connectivity index (χ0) is 14.3. The first-order valence-corrected chi connectivity index (χ1v) is 6.98. The third-order valence-electron chi connectivity index (χ3n) is 3.31. The SMILES string of the molecule is COc1cc(-n2c(N)nc3c(C)cccc32)ccc1Br. The highest BCUT2D eigenvalue weighted by molar-refractivity contribution is 9.10. The van der Waals surface area contributed by atoms with Crippen molar-refractivity contribution in [2.75, 3.05) is 12.8 Å². The van der Waals surface area contributed by atoms with E-state index in [1.54, 1.807) is 7.11 Å². The molecule has 0 saturated heterocycles. The van der Waals surface area contributed by atoms with Gasteiger partial charge < -0.3 is 10.5 Å². The summed E-state index contributed by atoms with van der Waals surface area (Å²) in [4.78, 5) is 4.46. The van der Waals surface area contributed by atoms with Crippen molar-refractivity contribution in [3.05, 3.63) is 46.4 Å². The van der Waals surface area contributed by atoms with Gasteiger partial charge in [-0.3, -0.25) is 4.57 Å². The number of hydrogen-bond acceptors (Lipinski definition) is 3. The van der Waals surface area contributed by atoms with Crippen molar-refractivity contribution in [2.45, 2.75) is 6.92 Å². The van der Waals surface area contributed by atoms with Crippen LogP contribution in [0.2, 0.25) is 0 Å². The molecule has 2 N–H and O–H groups in total. The highest BCUT2D eigenvalue weighted by Gasteiger charge is 2.12. The van der Waals surface area contributed by atoms with Crippen LogP contribution in [0.4, 0.5) is 5.95 Å². The van der Waals surface area contributed by atoms with Gasteiger partial charge in [-0.2, -0.15) is 0 Å². The number of halogens is 1. The number of anilines is 1. The van der Waals surface area contributed by atoms with Crippen molar-refractivity contribution >= 4 is 32.9 Å². The van der Waals surface area contributed by atoms with Gasteiger partial charge in [0, 0.05) is 6.07 Å². The maximum atomic E-state index is 6.08. The number of aromatic nitrogens is 2.